The van der Waals surface area contributed by atoms with Gasteiger partial charge in [-0.3, -0.25) is 4.79 Å². The number of hydrogen-bond acceptors (Lipinski definition) is 7. The van der Waals surface area contributed by atoms with Crippen molar-refractivity contribution in [3.63, 3.8) is 0 Å². The van der Waals surface area contributed by atoms with E-state index >= 15 is 0 Å². The average Bonchev–Trinajstić information content (AvgIpc) is 3.02. The number of ether oxygens (including phenoxy) is 1. The second kappa shape index (κ2) is 8.57. The first kappa shape index (κ1) is 19.6. The molecular weight excluding hydrogens is 362 g/mol. The van der Waals surface area contributed by atoms with Crippen LogP contribution in [0.15, 0.2) is 23.6 Å². The van der Waals surface area contributed by atoms with E-state index in [1.54, 1.807) is 0 Å². The number of aromatic nitrogens is 2. The molecule has 3 heterocycles. The molecule has 0 saturated carbocycles. The Hall–Kier alpha value is -1.74. The van der Waals surface area contributed by atoms with Gasteiger partial charge in [0.25, 0.3) is 0 Å². The lowest BCUT2D eigenvalue weighted by Crippen LogP contribution is -2.45. The zero-order valence-electron chi connectivity index (χ0n) is 14.1. The van der Waals surface area contributed by atoms with Crippen molar-refractivity contribution in [3.05, 3.63) is 23.6 Å². The molecule has 0 radical (unpaired) electrons. The molecule has 2 atom stereocenters. The van der Waals surface area contributed by atoms with Crippen LogP contribution in [0.1, 0.15) is 13.8 Å². The zero-order chi connectivity index (χ0) is 17.1. The lowest BCUT2D eigenvalue weighted by atomic mass is 10.2. The van der Waals surface area contributed by atoms with Gasteiger partial charge in [0, 0.05) is 18.5 Å². The maximum absolute atomic E-state index is 11.3. The summed E-state index contributed by atoms with van der Waals surface area (Å²) in [5.74, 6) is 0.656. The minimum Gasteiger partial charge on any atom is -0.372 e. The van der Waals surface area contributed by atoms with Gasteiger partial charge in [-0.15, -0.1) is 23.7 Å². The number of thiazole rings is 1. The Kier molecular flexibility index (Phi) is 6.71. The first-order valence-electron chi connectivity index (χ1n) is 7.88. The summed E-state index contributed by atoms with van der Waals surface area (Å²) in [4.78, 5) is 22.7. The fourth-order valence-corrected chi connectivity index (χ4v) is 3.45. The van der Waals surface area contributed by atoms with Crippen molar-refractivity contribution in [1.82, 2.24) is 9.97 Å². The van der Waals surface area contributed by atoms with Crippen LogP contribution >= 0.6 is 23.7 Å². The van der Waals surface area contributed by atoms with Crippen LogP contribution in [0.25, 0.3) is 11.4 Å². The number of nitrogens with one attached hydrogen (secondary N) is 1. The summed E-state index contributed by atoms with van der Waals surface area (Å²) in [7, 11) is 0. The Morgan fingerprint density at radius 3 is 2.72 bits per heavy atom. The highest BCUT2D eigenvalue weighted by atomic mass is 35.5. The van der Waals surface area contributed by atoms with Gasteiger partial charge in [0.2, 0.25) is 5.91 Å². The zero-order valence-corrected chi connectivity index (χ0v) is 15.8. The van der Waals surface area contributed by atoms with Crippen LogP contribution in [-0.4, -0.2) is 47.7 Å². The Bertz CT molecular complexity index is 716. The van der Waals surface area contributed by atoms with E-state index in [2.05, 4.69) is 29.0 Å². The molecule has 1 saturated heterocycles. The Morgan fingerprint density at radius 1 is 1.32 bits per heavy atom. The number of amides is 1. The molecule has 3 N–H and O–H groups in total. The minimum atomic E-state index is -0.256. The molecule has 1 aliphatic heterocycles. The van der Waals surface area contributed by atoms with E-state index in [-0.39, 0.29) is 37.1 Å². The fraction of sp³-hybridized carbons (Fsp3) is 0.438. The van der Waals surface area contributed by atoms with Gasteiger partial charge in [-0.05, 0) is 26.0 Å². The number of carbonyl (C=O) groups is 1. The number of pyridine rings is 1. The predicted molar refractivity (Wildman–Crippen MR) is 102 cm³/mol. The molecule has 7 nitrogen and oxygen atoms in total. The van der Waals surface area contributed by atoms with Gasteiger partial charge < -0.3 is 20.7 Å². The van der Waals surface area contributed by atoms with Gasteiger partial charge in [-0.25, -0.2) is 9.97 Å². The number of nitrogens with zero attached hydrogens (tertiary/aromatic N) is 3. The molecule has 1 aliphatic rings. The van der Waals surface area contributed by atoms with Crippen molar-refractivity contribution in [2.45, 2.75) is 26.1 Å². The van der Waals surface area contributed by atoms with Gasteiger partial charge in [-0.2, -0.15) is 0 Å². The largest absolute Gasteiger partial charge is 0.372 e. The van der Waals surface area contributed by atoms with Gasteiger partial charge in [0.15, 0.2) is 5.13 Å². The molecule has 0 aliphatic carbocycles. The van der Waals surface area contributed by atoms with E-state index < -0.39 is 0 Å². The summed E-state index contributed by atoms with van der Waals surface area (Å²) >= 11 is 1.36. The van der Waals surface area contributed by atoms with Crippen LogP contribution in [0.2, 0.25) is 0 Å². The summed E-state index contributed by atoms with van der Waals surface area (Å²) in [6.45, 7) is 5.71. The van der Waals surface area contributed by atoms with Gasteiger partial charge in [0.1, 0.15) is 11.5 Å². The summed E-state index contributed by atoms with van der Waals surface area (Å²) in [5, 5.41) is 5.07. The SMILES string of the molecule is CC1CN(c2cccc(-c3csc(NC(=O)CN)n3)n2)CC(C)O1.Cl. The monoisotopic (exact) mass is 383 g/mol. The molecule has 0 bridgehead atoms. The van der Waals surface area contributed by atoms with Gasteiger partial charge in [0.05, 0.1) is 24.4 Å². The second-order valence-corrected chi connectivity index (χ2v) is 6.69. The highest BCUT2D eigenvalue weighted by molar-refractivity contribution is 7.14. The Morgan fingerprint density at radius 2 is 2.04 bits per heavy atom. The third-order valence-electron chi connectivity index (χ3n) is 3.68. The van der Waals surface area contributed by atoms with Gasteiger partial charge >= 0.3 is 0 Å². The standard InChI is InChI=1S/C16H21N5O2S.ClH/c1-10-7-21(8-11(2)23-10)14-5-3-4-12(18-14)13-9-24-16(19-13)20-15(22)6-17;/h3-5,9-11H,6-8,17H2,1-2H3,(H,19,20,22);1H. The minimum absolute atomic E-state index is 0. The van der Waals surface area contributed by atoms with Crippen LogP contribution in [0.5, 0.6) is 0 Å². The van der Waals surface area contributed by atoms with Crippen molar-refractivity contribution < 1.29 is 9.53 Å². The molecule has 25 heavy (non-hydrogen) atoms. The highest BCUT2D eigenvalue weighted by Gasteiger charge is 2.23. The highest BCUT2D eigenvalue weighted by Crippen LogP contribution is 2.26. The molecule has 2 unspecified atom stereocenters. The van der Waals surface area contributed by atoms with Crippen LogP contribution in [0, 0.1) is 0 Å². The Labute approximate surface area is 157 Å². The van der Waals surface area contributed by atoms with Gasteiger partial charge in [-0.1, -0.05) is 6.07 Å². The van der Waals surface area contributed by atoms with E-state index in [1.165, 1.54) is 11.3 Å². The van der Waals surface area contributed by atoms with Crippen molar-refractivity contribution in [3.8, 4) is 11.4 Å². The third kappa shape index (κ3) is 4.88. The maximum atomic E-state index is 11.3. The number of morpholine rings is 1. The van der Waals surface area contributed by atoms with E-state index in [4.69, 9.17) is 15.5 Å². The normalized spacial score (nSPS) is 20.0. The van der Waals surface area contributed by atoms with Crippen molar-refractivity contribution in [1.29, 1.82) is 0 Å². The molecule has 0 aromatic carbocycles. The van der Waals surface area contributed by atoms with Crippen molar-refractivity contribution >= 4 is 40.6 Å². The molecule has 2 aromatic heterocycles. The summed E-state index contributed by atoms with van der Waals surface area (Å²) in [5.41, 5.74) is 6.82. The molecule has 136 valence electrons. The van der Waals surface area contributed by atoms with E-state index in [0.717, 1.165) is 30.3 Å². The number of nitrogens with two attached hydrogens (primary N) is 1. The lowest BCUT2D eigenvalue weighted by Gasteiger charge is -2.36. The van der Waals surface area contributed by atoms with Crippen molar-refractivity contribution in [2.24, 2.45) is 5.73 Å². The summed E-state index contributed by atoms with van der Waals surface area (Å²) < 4.78 is 5.77. The number of halogens is 1. The molecule has 3 rings (SSSR count). The molecule has 0 spiro atoms. The Balaban J connectivity index is 0.00000225. The number of rotatable bonds is 4. The molecule has 1 amide bonds. The van der Waals surface area contributed by atoms with E-state index in [0.29, 0.717) is 5.13 Å². The molecule has 2 aromatic rings. The summed E-state index contributed by atoms with van der Waals surface area (Å²) in [6.07, 6.45) is 0.355. The summed E-state index contributed by atoms with van der Waals surface area (Å²) in [6, 6.07) is 5.89. The quantitative estimate of drug-likeness (QED) is 0.840. The van der Waals surface area contributed by atoms with Crippen LogP contribution in [0.3, 0.4) is 0 Å². The van der Waals surface area contributed by atoms with Crippen LogP contribution in [0.4, 0.5) is 10.9 Å². The second-order valence-electron chi connectivity index (χ2n) is 5.83. The maximum Gasteiger partial charge on any atom is 0.239 e. The smallest absolute Gasteiger partial charge is 0.239 e. The van der Waals surface area contributed by atoms with E-state index in [9.17, 15) is 4.79 Å². The predicted octanol–water partition coefficient (Wildman–Crippen LogP) is 2.14. The first-order chi connectivity index (χ1) is 11.5. The molecule has 1 fully saturated rings. The lowest BCUT2D eigenvalue weighted by molar-refractivity contribution is -0.114. The topological polar surface area (TPSA) is 93.4 Å². The average molecular weight is 384 g/mol. The first-order valence-corrected chi connectivity index (χ1v) is 8.76. The van der Waals surface area contributed by atoms with E-state index in [1.807, 2.05) is 23.6 Å². The number of hydrogen-bond donors (Lipinski definition) is 2. The number of anilines is 2. The van der Waals surface area contributed by atoms with Crippen LogP contribution < -0.4 is 16.0 Å². The third-order valence-corrected chi connectivity index (χ3v) is 4.43. The molecular formula is C16H22ClN5O2S. The fourth-order valence-electron chi connectivity index (χ4n) is 2.73. The molecule has 9 heteroatoms. The van der Waals surface area contributed by atoms with Crippen molar-refractivity contribution in [2.75, 3.05) is 29.9 Å². The van der Waals surface area contributed by atoms with Crippen LogP contribution in [-0.2, 0) is 9.53 Å². The number of carbonyl (C=O) groups excluding carboxylic acids is 1.